The van der Waals surface area contributed by atoms with Crippen molar-refractivity contribution in [3.05, 3.63) is 42.0 Å². The van der Waals surface area contributed by atoms with Gasteiger partial charge in [-0.1, -0.05) is 36.9 Å². The van der Waals surface area contributed by atoms with Crippen molar-refractivity contribution < 1.29 is 23.8 Å². The van der Waals surface area contributed by atoms with Gasteiger partial charge in [0.2, 0.25) is 5.92 Å². The minimum Gasteiger partial charge on any atom is -0.479 e. The van der Waals surface area contributed by atoms with Crippen LogP contribution in [-0.2, 0) is 10.4 Å². The molecule has 1 aliphatic rings. The molecule has 0 amide bonds. The van der Waals surface area contributed by atoms with Crippen LogP contribution in [0.15, 0.2) is 30.8 Å². The topological polar surface area (TPSA) is 57.5 Å². The molecule has 1 aromatic carbocycles. The number of alkyl halides is 2. The van der Waals surface area contributed by atoms with Gasteiger partial charge in [-0.3, -0.25) is 0 Å². The molecular weight excluding hydrogens is 302 g/mol. The lowest BCUT2D eigenvalue weighted by molar-refractivity contribution is -0.167. The molecule has 1 aliphatic carbocycles. The molecule has 1 aromatic rings. The molecule has 0 bridgehead atoms. The van der Waals surface area contributed by atoms with Crippen molar-refractivity contribution in [2.24, 2.45) is 5.92 Å². The summed E-state index contributed by atoms with van der Waals surface area (Å²) in [7, 11) is 0. The first kappa shape index (κ1) is 17.6. The number of aliphatic carboxylic acids is 1. The van der Waals surface area contributed by atoms with Crippen LogP contribution in [0.3, 0.4) is 0 Å². The first-order valence-corrected chi connectivity index (χ1v) is 6.36. The van der Waals surface area contributed by atoms with Gasteiger partial charge in [0.15, 0.2) is 5.60 Å². The van der Waals surface area contributed by atoms with Crippen LogP contribution >= 0.6 is 12.4 Å². The number of aliphatic hydroxyl groups is 1. The van der Waals surface area contributed by atoms with Crippen LogP contribution in [0.25, 0.3) is 6.08 Å². The van der Waals surface area contributed by atoms with Gasteiger partial charge >= 0.3 is 5.97 Å². The van der Waals surface area contributed by atoms with E-state index in [1.807, 2.05) is 0 Å². The summed E-state index contributed by atoms with van der Waals surface area (Å²) < 4.78 is 26.6. The Balaban J connectivity index is 0.00000220. The van der Waals surface area contributed by atoms with Gasteiger partial charge in [-0.15, -0.1) is 12.4 Å². The molecule has 2 rings (SSSR count). The summed E-state index contributed by atoms with van der Waals surface area (Å²) in [5.74, 6) is -5.40. The molecule has 116 valence electrons. The highest BCUT2D eigenvalue weighted by atomic mass is 35.5. The van der Waals surface area contributed by atoms with Gasteiger partial charge in [0.1, 0.15) is 0 Å². The zero-order chi connectivity index (χ0) is 15.0. The number of hydrogen-bond donors (Lipinski definition) is 2. The minimum absolute atomic E-state index is 0. The standard InChI is InChI=1S/C15H16F2O3.ClH/c1-2-10-3-5-11(6-4-10)15(20,13(18)19)12-7-8-14(16,17)9-12;/h2-6,12,20H,1,7-9H2,(H,18,19);1H/t12-,15+;/m1./s1. The van der Waals surface area contributed by atoms with E-state index in [-0.39, 0.29) is 24.4 Å². The zero-order valence-corrected chi connectivity index (χ0v) is 12.1. The Morgan fingerprint density at radius 1 is 1.38 bits per heavy atom. The van der Waals surface area contributed by atoms with E-state index < -0.39 is 36.3 Å². The van der Waals surface area contributed by atoms with Gasteiger partial charge < -0.3 is 10.2 Å². The Morgan fingerprint density at radius 2 is 1.95 bits per heavy atom. The normalized spacial score (nSPS) is 22.9. The second-order valence-electron chi connectivity index (χ2n) is 5.19. The number of hydrogen-bond acceptors (Lipinski definition) is 2. The van der Waals surface area contributed by atoms with Crippen LogP contribution in [0.5, 0.6) is 0 Å². The van der Waals surface area contributed by atoms with Crippen molar-refractivity contribution in [3.63, 3.8) is 0 Å². The number of carbonyl (C=O) groups is 1. The summed E-state index contributed by atoms with van der Waals surface area (Å²) in [6.07, 6.45) is 0.559. The van der Waals surface area contributed by atoms with Crippen LogP contribution in [0.2, 0.25) is 0 Å². The van der Waals surface area contributed by atoms with Crippen LogP contribution < -0.4 is 0 Å². The number of halogens is 3. The van der Waals surface area contributed by atoms with Crippen molar-refractivity contribution in [2.75, 3.05) is 0 Å². The van der Waals surface area contributed by atoms with E-state index in [0.29, 0.717) is 0 Å². The van der Waals surface area contributed by atoms with Crippen LogP contribution in [0.1, 0.15) is 30.4 Å². The number of carboxylic acids is 1. The Labute approximate surface area is 127 Å². The quantitative estimate of drug-likeness (QED) is 0.894. The maximum Gasteiger partial charge on any atom is 0.340 e. The minimum atomic E-state index is -2.91. The fourth-order valence-electron chi connectivity index (χ4n) is 2.71. The Kier molecular flexibility index (Phi) is 5.12. The van der Waals surface area contributed by atoms with Crippen LogP contribution in [0.4, 0.5) is 8.78 Å². The summed E-state index contributed by atoms with van der Waals surface area (Å²) in [4.78, 5) is 11.5. The van der Waals surface area contributed by atoms with E-state index in [9.17, 15) is 23.8 Å². The van der Waals surface area contributed by atoms with Crippen molar-refractivity contribution in [1.29, 1.82) is 0 Å². The molecule has 3 nitrogen and oxygen atoms in total. The number of benzene rings is 1. The maximum atomic E-state index is 13.3. The highest BCUT2D eigenvalue weighted by Crippen LogP contribution is 2.47. The van der Waals surface area contributed by atoms with E-state index in [1.54, 1.807) is 18.2 Å². The lowest BCUT2D eigenvalue weighted by Crippen LogP contribution is -2.42. The third kappa shape index (κ3) is 3.24. The van der Waals surface area contributed by atoms with Gasteiger partial charge in [-0.2, -0.15) is 0 Å². The first-order chi connectivity index (χ1) is 9.29. The fraction of sp³-hybridized carbons (Fsp3) is 0.400. The molecule has 1 saturated carbocycles. The van der Waals surface area contributed by atoms with Crippen molar-refractivity contribution in [1.82, 2.24) is 0 Å². The average Bonchev–Trinajstić information content (AvgIpc) is 2.78. The second-order valence-corrected chi connectivity index (χ2v) is 5.19. The van der Waals surface area contributed by atoms with Gasteiger partial charge in [-0.25, -0.2) is 13.6 Å². The zero-order valence-electron chi connectivity index (χ0n) is 11.3. The van der Waals surface area contributed by atoms with E-state index in [1.165, 1.54) is 12.1 Å². The molecule has 6 heteroatoms. The van der Waals surface area contributed by atoms with Crippen molar-refractivity contribution in [3.8, 4) is 0 Å². The predicted molar refractivity (Wildman–Crippen MR) is 77.6 cm³/mol. The molecule has 0 unspecified atom stereocenters. The van der Waals surface area contributed by atoms with E-state index in [2.05, 4.69) is 6.58 Å². The molecule has 0 saturated heterocycles. The largest absolute Gasteiger partial charge is 0.479 e. The predicted octanol–water partition coefficient (Wildman–Crippen LogP) is 3.46. The lowest BCUT2D eigenvalue weighted by Gasteiger charge is -2.30. The Hall–Kier alpha value is -1.46. The van der Waals surface area contributed by atoms with Gasteiger partial charge in [0.05, 0.1) is 0 Å². The van der Waals surface area contributed by atoms with Crippen LogP contribution in [-0.4, -0.2) is 22.1 Å². The highest BCUT2D eigenvalue weighted by Gasteiger charge is 2.53. The second kappa shape index (κ2) is 6.12. The molecule has 0 radical (unpaired) electrons. The van der Waals surface area contributed by atoms with E-state index >= 15 is 0 Å². The summed E-state index contributed by atoms with van der Waals surface area (Å²) in [5.41, 5.74) is -1.39. The molecular formula is C15H17ClF2O3. The van der Waals surface area contributed by atoms with Gasteiger partial charge in [0.25, 0.3) is 0 Å². The van der Waals surface area contributed by atoms with Gasteiger partial charge in [0, 0.05) is 18.8 Å². The summed E-state index contributed by atoms with van der Waals surface area (Å²) >= 11 is 0. The van der Waals surface area contributed by atoms with E-state index in [0.717, 1.165) is 5.56 Å². The van der Waals surface area contributed by atoms with Crippen molar-refractivity contribution >= 4 is 24.5 Å². The Bertz CT molecular complexity index is 530. The van der Waals surface area contributed by atoms with Crippen LogP contribution in [0, 0.1) is 5.92 Å². The smallest absolute Gasteiger partial charge is 0.340 e. The molecule has 0 aromatic heterocycles. The molecule has 2 atom stereocenters. The SMILES string of the molecule is C=Cc1ccc([C@@](O)(C(=O)O)[C@@H]2CCC(F)(F)C2)cc1.Cl. The monoisotopic (exact) mass is 318 g/mol. The maximum absolute atomic E-state index is 13.3. The third-order valence-electron chi connectivity index (χ3n) is 3.91. The number of rotatable bonds is 4. The fourth-order valence-corrected chi connectivity index (χ4v) is 2.71. The number of carboxylic acid groups (broad SMARTS) is 1. The molecule has 1 fully saturated rings. The molecule has 0 heterocycles. The summed E-state index contributed by atoms with van der Waals surface area (Å²) in [6.45, 7) is 3.58. The molecule has 2 N–H and O–H groups in total. The molecule has 0 aliphatic heterocycles. The van der Waals surface area contributed by atoms with Gasteiger partial charge in [-0.05, 0) is 17.5 Å². The molecule has 21 heavy (non-hydrogen) atoms. The highest BCUT2D eigenvalue weighted by molar-refractivity contribution is 5.85. The Morgan fingerprint density at radius 3 is 2.33 bits per heavy atom. The first-order valence-electron chi connectivity index (χ1n) is 6.36. The lowest BCUT2D eigenvalue weighted by atomic mass is 9.80. The van der Waals surface area contributed by atoms with Crippen molar-refractivity contribution in [2.45, 2.75) is 30.8 Å². The molecule has 0 spiro atoms. The van der Waals surface area contributed by atoms with E-state index in [4.69, 9.17) is 0 Å². The summed E-state index contributed by atoms with van der Waals surface area (Å²) in [5, 5.41) is 19.8. The summed E-state index contributed by atoms with van der Waals surface area (Å²) in [6, 6.07) is 6.09. The third-order valence-corrected chi connectivity index (χ3v) is 3.91. The average molecular weight is 319 g/mol.